The molecule has 4 nitrogen and oxygen atoms in total. The number of ether oxygens (including phenoxy) is 1. The molecular formula is C19H14Cl3NO3. The number of furan rings is 1. The van der Waals surface area contributed by atoms with E-state index in [4.69, 9.17) is 44.0 Å². The van der Waals surface area contributed by atoms with Gasteiger partial charge < -0.3 is 14.5 Å². The Hall–Kier alpha value is -2.14. The maximum Gasteiger partial charge on any atom is 0.291 e. The van der Waals surface area contributed by atoms with Gasteiger partial charge in [-0.2, -0.15) is 0 Å². The number of rotatable bonds is 5. The first-order chi connectivity index (χ1) is 12.4. The van der Waals surface area contributed by atoms with Gasteiger partial charge in [0, 0.05) is 5.02 Å². The van der Waals surface area contributed by atoms with E-state index >= 15 is 0 Å². The van der Waals surface area contributed by atoms with E-state index in [1.165, 1.54) is 0 Å². The summed E-state index contributed by atoms with van der Waals surface area (Å²) in [6.07, 6.45) is 0. The third-order valence-electron chi connectivity index (χ3n) is 3.59. The molecule has 3 aromatic rings. The Morgan fingerprint density at radius 3 is 2.50 bits per heavy atom. The van der Waals surface area contributed by atoms with E-state index < -0.39 is 5.91 Å². The number of carbonyl (C=O) groups is 1. The second-order valence-corrected chi connectivity index (χ2v) is 6.77. The topological polar surface area (TPSA) is 51.5 Å². The van der Waals surface area contributed by atoms with Crippen molar-refractivity contribution < 1.29 is 13.9 Å². The summed E-state index contributed by atoms with van der Waals surface area (Å²) in [6, 6.07) is 13.6. The van der Waals surface area contributed by atoms with Crippen molar-refractivity contribution in [2.75, 3.05) is 5.32 Å². The molecule has 0 bridgehead atoms. The minimum absolute atomic E-state index is 0.132. The normalized spacial score (nSPS) is 10.6. The van der Waals surface area contributed by atoms with Crippen molar-refractivity contribution in [3.8, 4) is 5.75 Å². The van der Waals surface area contributed by atoms with Crippen LogP contribution in [-0.2, 0) is 6.61 Å². The van der Waals surface area contributed by atoms with Gasteiger partial charge in [0.15, 0.2) is 5.76 Å². The van der Waals surface area contributed by atoms with Gasteiger partial charge in [-0.25, -0.2) is 0 Å². The van der Waals surface area contributed by atoms with Gasteiger partial charge in [0.1, 0.15) is 18.1 Å². The van der Waals surface area contributed by atoms with Crippen LogP contribution < -0.4 is 10.1 Å². The number of hydrogen-bond donors (Lipinski definition) is 1. The number of benzene rings is 2. The Labute approximate surface area is 165 Å². The zero-order chi connectivity index (χ0) is 18.7. The standard InChI is InChI=1S/C19H14Cl3NO3/c1-11-9-12(20)5-7-16(11)25-10-13-6-8-17(26-13)19(24)23-18-14(21)3-2-4-15(18)22/h2-9H,10H2,1H3,(H,23,24). The molecule has 3 rings (SSSR count). The van der Waals surface area contributed by atoms with Crippen molar-refractivity contribution in [1.82, 2.24) is 0 Å². The molecule has 1 heterocycles. The van der Waals surface area contributed by atoms with Crippen LogP contribution in [0.5, 0.6) is 5.75 Å². The molecule has 26 heavy (non-hydrogen) atoms. The van der Waals surface area contributed by atoms with Gasteiger partial charge >= 0.3 is 0 Å². The molecule has 2 aromatic carbocycles. The van der Waals surface area contributed by atoms with Gasteiger partial charge in [0.2, 0.25) is 0 Å². The number of para-hydroxylation sites is 1. The number of hydrogen-bond acceptors (Lipinski definition) is 3. The van der Waals surface area contributed by atoms with Gasteiger partial charge in [0.05, 0.1) is 15.7 Å². The van der Waals surface area contributed by atoms with Gasteiger partial charge in [-0.1, -0.05) is 40.9 Å². The van der Waals surface area contributed by atoms with Gasteiger partial charge in [-0.05, 0) is 55.0 Å². The summed E-state index contributed by atoms with van der Waals surface area (Å²) >= 11 is 18.0. The quantitative estimate of drug-likeness (QED) is 0.531. The molecule has 7 heteroatoms. The molecular weight excluding hydrogens is 397 g/mol. The lowest BCUT2D eigenvalue weighted by molar-refractivity contribution is 0.0992. The zero-order valence-electron chi connectivity index (χ0n) is 13.7. The molecule has 0 unspecified atom stereocenters. The van der Waals surface area contributed by atoms with Crippen molar-refractivity contribution in [3.63, 3.8) is 0 Å². The van der Waals surface area contributed by atoms with Crippen LogP contribution in [0.15, 0.2) is 52.9 Å². The molecule has 1 N–H and O–H groups in total. The van der Waals surface area contributed by atoms with E-state index in [1.807, 2.05) is 13.0 Å². The lowest BCUT2D eigenvalue weighted by Crippen LogP contribution is -2.11. The fourth-order valence-electron chi connectivity index (χ4n) is 2.29. The maximum atomic E-state index is 12.3. The number of anilines is 1. The molecule has 0 spiro atoms. The van der Waals surface area contributed by atoms with Crippen molar-refractivity contribution in [2.24, 2.45) is 0 Å². The Morgan fingerprint density at radius 2 is 1.81 bits per heavy atom. The first-order valence-corrected chi connectivity index (χ1v) is 8.80. The molecule has 0 atom stereocenters. The fraction of sp³-hybridized carbons (Fsp3) is 0.105. The summed E-state index contributed by atoms with van der Waals surface area (Å²) in [5.74, 6) is 0.885. The zero-order valence-corrected chi connectivity index (χ0v) is 16.0. The molecule has 1 aromatic heterocycles. The lowest BCUT2D eigenvalue weighted by atomic mass is 10.2. The van der Waals surface area contributed by atoms with Crippen LogP contribution in [0.3, 0.4) is 0 Å². The van der Waals surface area contributed by atoms with E-state index in [0.29, 0.717) is 32.3 Å². The molecule has 0 aliphatic heterocycles. The molecule has 0 fully saturated rings. The molecule has 0 aliphatic rings. The Morgan fingerprint density at radius 1 is 1.08 bits per heavy atom. The smallest absolute Gasteiger partial charge is 0.291 e. The SMILES string of the molecule is Cc1cc(Cl)ccc1OCc1ccc(C(=O)Nc2c(Cl)cccc2Cl)o1. The second-order valence-electron chi connectivity index (χ2n) is 5.52. The van der Waals surface area contributed by atoms with E-state index in [9.17, 15) is 4.79 Å². The van der Waals surface area contributed by atoms with Crippen molar-refractivity contribution in [3.05, 3.63) is 80.7 Å². The summed E-state index contributed by atoms with van der Waals surface area (Å²) in [5, 5.41) is 3.98. The van der Waals surface area contributed by atoms with Crippen LogP contribution in [0, 0.1) is 6.92 Å². The van der Waals surface area contributed by atoms with Crippen molar-refractivity contribution >= 4 is 46.4 Å². The van der Waals surface area contributed by atoms with Crippen LogP contribution in [0.4, 0.5) is 5.69 Å². The van der Waals surface area contributed by atoms with Gasteiger partial charge in [-0.3, -0.25) is 4.79 Å². The highest BCUT2D eigenvalue weighted by Gasteiger charge is 2.15. The fourth-order valence-corrected chi connectivity index (χ4v) is 3.01. The average molecular weight is 411 g/mol. The Balaban J connectivity index is 1.66. The van der Waals surface area contributed by atoms with E-state index in [2.05, 4.69) is 5.32 Å². The molecule has 134 valence electrons. The minimum atomic E-state index is -0.450. The highest BCUT2D eigenvalue weighted by atomic mass is 35.5. The summed E-state index contributed by atoms with van der Waals surface area (Å²) in [5.41, 5.74) is 1.25. The number of carbonyl (C=O) groups excluding carboxylic acids is 1. The van der Waals surface area contributed by atoms with Crippen LogP contribution in [-0.4, -0.2) is 5.91 Å². The van der Waals surface area contributed by atoms with E-state index in [-0.39, 0.29) is 12.4 Å². The summed E-state index contributed by atoms with van der Waals surface area (Å²) in [7, 11) is 0. The maximum absolute atomic E-state index is 12.3. The second kappa shape index (κ2) is 8.04. The Kier molecular flexibility index (Phi) is 5.77. The van der Waals surface area contributed by atoms with Crippen LogP contribution >= 0.6 is 34.8 Å². The molecule has 1 amide bonds. The summed E-state index contributed by atoms with van der Waals surface area (Å²) in [6.45, 7) is 2.08. The molecule has 0 aliphatic carbocycles. The largest absolute Gasteiger partial charge is 0.485 e. The molecule has 0 saturated heterocycles. The highest BCUT2D eigenvalue weighted by Crippen LogP contribution is 2.30. The Bertz CT molecular complexity index is 933. The monoisotopic (exact) mass is 409 g/mol. The van der Waals surface area contributed by atoms with Gasteiger partial charge in [-0.15, -0.1) is 0 Å². The molecule has 0 radical (unpaired) electrons. The lowest BCUT2D eigenvalue weighted by Gasteiger charge is -2.08. The number of amides is 1. The summed E-state index contributed by atoms with van der Waals surface area (Å²) < 4.78 is 11.2. The highest BCUT2D eigenvalue weighted by molar-refractivity contribution is 6.40. The molecule has 0 saturated carbocycles. The number of aryl methyl sites for hydroxylation is 1. The van der Waals surface area contributed by atoms with E-state index in [0.717, 1.165) is 5.56 Å². The van der Waals surface area contributed by atoms with Crippen LogP contribution in [0.1, 0.15) is 21.9 Å². The van der Waals surface area contributed by atoms with Crippen LogP contribution in [0.25, 0.3) is 0 Å². The van der Waals surface area contributed by atoms with Gasteiger partial charge in [0.25, 0.3) is 5.91 Å². The van der Waals surface area contributed by atoms with Crippen molar-refractivity contribution in [2.45, 2.75) is 13.5 Å². The third kappa shape index (κ3) is 4.33. The number of halogens is 3. The minimum Gasteiger partial charge on any atom is -0.485 e. The van der Waals surface area contributed by atoms with E-state index in [1.54, 1.807) is 42.5 Å². The number of nitrogens with one attached hydrogen (secondary N) is 1. The van der Waals surface area contributed by atoms with Crippen LogP contribution in [0.2, 0.25) is 15.1 Å². The summed E-state index contributed by atoms with van der Waals surface area (Å²) in [4.78, 5) is 12.3. The third-order valence-corrected chi connectivity index (χ3v) is 4.46. The first-order valence-electron chi connectivity index (χ1n) is 7.67. The predicted molar refractivity (Wildman–Crippen MR) is 104 cm³/mol. The van der Waals surface area contributed by atoms with Crippen molar-refractivity contribution in [1.29, 1.82) is 0 Å². The first kappa shape index (κ1) is 18.6. The average Bonchev–Trinajstić information content (AvgIpc) is 3.06. The predicted octanol–water partition coefficient (Wildman–Crippen LogP) is 6.38.